The molecule has 0 bridgehead atoms. The third-order valence-electron chi connectivity index (χ3n) is 2.81. The monoisotopic (exact) mass is 381 g/mol. The number of amides is 1. The predicted octanol–water partition coefficient (Wildman–Crippen LogP) is 3.58. The fourth-order valence-electron chi connectivity index (χ4n) is 1.73. The van der Waals surface area contributed by atoms with Crippen molar-refractivity contribution in [2.24, 2.45) is 0 Å². The van der Waals surface area contributed by atoms with E-state index >= 15 is 0 Å². The van der Waals surface area contributed by atoms with E-state index in [9.17, 15) is 9.59 Å². The summed E-state index contributed by atoms with van der Waals surface area (Å²) in [4.78, 5) is 23.5. The fourth-order valence-corrected chi connectivity index (χ4v) is 2.39. The van der Waals surface area contributed by atoms with Crippen LogP contribution in [-0.4, -0.2) is 18.5 Å². The Morgan fingerprint density at radius 3 is 2.64 bits per heavy atom. The molecule has 0 unspecified atom stereocenters. The lowest BCUT2D eigenvalue weighted by Gasteiger charge is -2.08. The van der Waals surface area contributed by atoms with Crippen LogP contribution >= 0.6 is 27.5 Å². The summed E-state index contributed by atoms with van der Waals surface area (Å²) in [5.74, 6) is -0.925. The number of nitrogens with one attached hydrogen (secondary N) is 1. The molecule has 1 amide bonds. The van der Waals surface area contributed by atoms with Crippen molar-refractivity contribution < 1.29 is 14.3 Å². The Morgan fingerprint density at radius 1 is 1.14 bits per heavy atom. The smallest absolute Gasteiger partial charge is 0.339 e. The van der Waals surface area contributed by atoms with Crippen LogP contribution in [0.1, 0.15) is 15.9 Å². The van der Waals surface area contributed by atoms with Gasteiger partial charge >= 0.3 is 5.97 Å². The topological polar surface area (TPSA) is 55.4 Å². The molecule has 0 heterocycles. The summed E-state index contributed by atoms with van der Waals surface area (Å²) in [6, 6.07) is 14.0. The number of hydrogen-bond acceptors (Lipinski definition) is 3. The van der Waals surface area contributed by atoms with Crippen LogP contribution in [0.25, 0.3) is 0 Å². The number of hydrogen-bond donors (Lipinski definition) is 1. The molecule has 0 radical (unpaired) electrons. The summed E-state index contributed by atoms with van der Waals surface area (Å²) in [5, 5.41) is 3.26. The Kier molecular flexibility index (Phi) is 5.98. The van der Waals surface area contributed by atoms with Gasteiger partial charge in [0, 0.05) is 16.0 Å². The minimum absolute atomic E-state index is 0.325. The third kappa shape index (κ3) is 4.86. The minimum Gasteiger partial charge on any atom is -0.452 e. The van der Waals surface area contributed by atoms with Gasteiger partial charge in [0.05, 0.1) is 5.56 Å². The van der Waals surface area contributed by atoms with Gasteiger partial charge in [0.25, 0.3) is 5.91 Å². The average molecular weight is 383 g/mol. The number of rotatable bonds is 5. The van der Waals surface area contributed by atoms with Gasteiger partial charge in [0.1, 0.15) is 0 Å². The van der Waals surface area contributed by atoms with Crippen LogP contribution in [0.5, 0.6) is 0 Å². The molecular formula is C16H13BrClNO3. The molecule has 0 aromatic heterocycles. The molecule has 6 heteroatoms. The molecule has 0 aliphatic rings. The van der Waals surface area contributed by atoms with Gasteiger partial charge in [-0.2, -0.15) is 0 Å². The second-order valence-electron chi connectivity index (χ2n) is 4.46. The van der Waals surface area contributed by atoms with Crippen LogP contribution in [0.15, 0.2) is 53.0 Å². The SMILES string of the molecule is O=C(COC(=O)c1ccccc1Br)NCc1cccc(Cl)c1. The van der Waals surface area contributed by atoms with Crippen LogP contribution in [0.3, 0.4) is 0 Å². The standard InChI is InChI=1S/C16H13BrClNO3/c17-14-7-2-1-6-13(14)16(21)22-10-15(20)19-9-11-4-3-5-12(18)8-11/h1-8H,9-10H2,(H,19,20). The largest absolute Gasteiger partial charge is 0.452 e. The van der Waals surface area contributed by atoms with Crippen LogP contribution in [0, 0.1) is 0 Å². The zero-order chi connectivity index (χ0) is 15.9. The van der Waals surface area contributed by atoms with Crippen molar-refractivity contribution in [1.29, 1.82) is 0 Å². The Balaban J connectivity index is 1.81. The van der Waals surface area contributed by atoms with Gasteiger partial charge in [-0.1, -0.05) is 35.9 Å². The van der Waals surface area contributed by atoms with Crippen molar-refractivity contribution in [3.05, 3.63) is 69.2 Å². The molecular weight excluding hydrogens is 370 g/mol. The minimum atomic E-state index is -0.551. The number of ether oxygens (including phenoxy) is 1. The highest BCUT2D eigenvalue weighted by molar-refractivity contribution is 9.10. The van der Waals surface area contributed by atoms with E-state index in [0.717, 1.165) is 5.56 Å². The quantitative estimate of drug-likeness (QED) is 0.804. The van der Waals surface area contributed by atoms with E-state index in [1.54, 1.807) is 42.5 Å². The number of benzene rings is 2. The predicted molar refractivity (Wildman–Crippen MR) is 87.7 cm³/mol. The zero-order valence-electron chi connectivity index (χ0n) is 11.5. The Bertz CT molecular complexity index is 691. The molecule has 1 N–H and O–H groups in total. The van der Waals surface area contributed by atoms with Crippen molar-refractivity contribution in [2.45, 2.75) is 6.54 Å². The maximum atomic E-state index is 11.8. The first-order chi connectivity index (χ1) is 10.6. The molecule has 0 fully saturated rings. The van der Waals surface area contributed by atoms with Crippen LogP contribution < -0.4 is 5.32 Å². The average Bonchev–Trinajstić information content (AvgIpc) is 2.51. The molecule has 0 saturated carbocycles. The molecule has 0 saturated heterocycles. The van der Waals surface area contributed by atoms with E-state index in [4.69, 9.17) is 16.3 Å². The maximum Gasteiger partial charge on any atom is 0.339 e. The van der Waals surface area contributed by atoms with Crippen molar-refractivity contribution in [2.75, 3.05) is 6.61 Å². The summed E-state index contributed by atoms with van der Waals surface area (Å²) >= 11 is 9.12. The first kappa shape index (κ1) is 16.5. The summed E-state index contributed by atoms with van der Waals surface area (Å²) in [6.45, 7) is -0.00723. The van der Waals surface area contributed by atoms with Crippen LogP contribution in [0.2, 0.25) is 5.02 Å². The summed E-state index contributed by atoms with van der Waals surface area (Å²) < 4.78 is 5.60. The fraction of sp³-hybridized carbons (Fsp3) is 0.125. The molecule has 114 valence electrons. The molecule has 22 heavy (non-hydrogen) atoms. The lowest BCUT2D eigenvalue weighted by molar-refractivity contribution is -0.124. The molecule has 0 spiro atoms. The highest BCUT2D eigenvalue weighted by atomic mass is 79.9. The molecule has 0 aliphatic heterocycles. The maximum absolute atomic E-state index is 11.8. The van der Waals surface area contributed by atoms with Gasteiger partial charge in [-0.15, -0.1) is 0 Å². The van der Waals surface area contributed by atoms with Gasteiger partial charge in [0.2, 0.25) is 0 Å². The Morgan fingerprint density at radius 2 is 1.91 bits per heavy atom. The number of halogens is 2. The third-order valence-corrected chi connectivity index (χ3v) is 3.73. The van der Waals surface area contributed by atoms with E-state index in [1.165, 1.54) is 0 Å². The molecule has 2 aromatic rings. The summed E-state index contributed by atoms with van der Waals surface area (Å²) in [6.07, 6.45) is 0. The lowest BCUT2D eigenvalue weighted by atomic mass is 10.2. The molecule has 4 nitrogen and oxygen atoms in total. The van der Waals surface area contributed by atoms with Gasteiger partial charge in [-0.05, 0) is 45.8 Å². The van der Waals surface area contributed by atoms with Crippen LogP contribution in [0.4, 0.5) is 0 Å². The second kappa shape index (κ2) is 7.96. The summed E-state index contributed by atoms with van der Waals surface area (Å²) in [5.41, 5.74) is 1.25. The first-order valence-corrected chi connectivity index (χ1v) is 7.66. The summed E-state index contributed by atoms with van der Waals surface area (Å²) in [7, 11) is 0. The second-order valence-corrected chi connectivity index (χ2v) is 5.75. The zero-order valence-corrected chi connectivity index (χ0v) is 13.9. The van der Waals surface area contributed by atoms with Gasteiger partial charge < -0.3 is 10.1 Å². The van der Waals surface area contributed by atoms with E-state index in [2.05, 4.69) is 21.2 Å². The highest BCUT2D eigenvalue weighted by Gasteiger charge is 2.12. The van der Waals surface area contributed by atoms with Crippen molar-refractivity contribution in [3.63, 3.8) is 0 Å². The van der Waals surface area contributed by atoms with Crippen molar-refractivity contribution in [3.8, 4) is 0 Å². The number of carbonyl (C=O) groups is 2. The number of carbonyl (C=O) groups excluding carboxylic acids is 2. The lowest BCUT2D eigenvalue weighted by Crippen LogP contribution is -2.28. The Labute approximate surface area is 141 Å². The molecule has 2 aromatic carbocycles. The van der Waals surface area contributed by atoms with Gasteiger partial charge in [-0.3, -0.25) is 4.79 Å². The normalized spacial score (nSPS) is 10.1. The molecule has 0 aliphatic carbocycles. The van der Waals surface area contributed by atoms with Gasteiger partial charge in [0.15, 0.2) is 6.61 Å². The first-order valence-electron chi connectivity index (χ1n) is 6.49. The molecule has 2 rings (SSSR count). The number of esters is 1. The van der Waals surface area contributed by atoms with Crippen molar-refractivity contribution in [1.82, 2.24) is 5.32 Å². The highest BCUT2D eigenvalue weighted by Crippen LogP contribution is 2.16. The van der Waals surface area contributed by atoms with E-state index < -0.39 is 5.97 Å². The van der Waals surface area contributed by atoms with E-state index in [1.807, 2.05) is 6.07 Å². The Hall–Kier alpha value is -1.85. The molecule has 0 atom stereocenters. The van der Waals surface area contributed by atoms with Crippen LogP contribution in [-0.2, 0) is 16.1 Å². The van der Waals surface area contributed by atoms with E-state index in [-0.39, 0.29) is 12.5 Å². The van der Waals surface area contributed by atoms with Crippen molar-refractivity contribution >= 4 is 39.4 Å². The van der Waals surface area contributed by atoms with Gasteiger partial charge in [-0.25, -0.2) is 4.79 Å². The van der Waals surface area contributed by atoms with E-state index in [0.29, 0.717) is 21.6 Å².